The van der Waals surface area contributed by atoms with E-state index in [4.69, 9.17) is 16.2 Å². The molecule has 1 aliphatic heterocycles. The molecular formula is C13H23N5O5. The molecule has 0 aromatic rings. The Hall–Kier alpha value is -2.36. The number of aliphatic hydroxyl groups excluding tert-OH is 1. The number of amides is 2. The van der Waals surface area contributed by atoms with Crippen LogP contribution < -0.4 is 16.4 Å². The van der Waals surface area contributed by atoms with Gasteiger partial charge < -0.3 is 31.5 Å². The summed E-state index contributed by atoms with van der Waals surface area (Å²) in [4.78, 5) is 36.1. The van der Waals surface area contributed by atoms with Crippen LogP contribution in [0, 0.1) is 5.41 Å². The van der Waals surface area contributed by atoms with E-state index in [2.05, 4.69) is 10.6 Å². The van der Waals surface area contributed by atoms with E-state index < -0.39 is 30.1 Å². The Balaban J connectivity index is 2.58. The minimum atomic E-state index is -1.19. The molecule has 2 amide bonds. The van der Waals surface area contributed by atoms with Gasteiger partial charge in [0.15, 0.2) is 5.96 Å². The summed E-state index contributed by atoms with van der Waals surface area (Å²) in [6, 6.07) is -1.97. The fourth-order valence-corrected chi connectivity index (χ4v) is 2.46. The van der Waals surface area contributed by atoms with Gasteiger partial charge in [-0.05, 0) is 12.8 Å². The number of nitrogens with two attached hydrogens (primary N) is 1. The van der Waals surface area contributed by atoms with Crippen molar-refractivity contribution in [2.75, 3.05) is 13.1 Å². The van der Waals surface area contributed by atoms with Crippen LogP contribution in [0.25, 0.3) is 0 Å². The Morgan fingerprint density at radius 3 is 2.61 bits per heavy atom. The van der Waals surface area contributed by atoms with E-state index in [0.717, 1.165) is 0 Å². The number of carbonyl (C=O) groups excluding carboxylic acids is 2. The number of nitrogens with zero attached hydrogens (tertiary/aromatic N) is 1. The lowest BCUT2D eigenvalue weighted by molar-refractivity contribution is -0.143. The van der Waals surface area contributed by atoms with Gasteiger partial charge in [-0.15, -0.1) is 0 Å². The van der Waals surface area contributed by atoms with E-state index in [9.17, 15) is 19.5 Å². The summed E-state index contributed by atoms with van der Waals surface area (Å²) >= 11 is 0. The van der Waals surface area contributed by atoms with Crippen LogP contribution in [0.3, 0.4) is 0 Å². The Bertz CT molecular complexity index is 483. The second-order valence-electron chi connectivity index (χ2n) is 5.46. The third kappa shape index (κ3) is 5.74. The van der Waals surface area contributed by atoms with Crippen LogP contribution >= 0.6 is 0 Å². The molecule has 0 bridgehead atoms. The highest BCUT2D eigenvalue weighted by molar-refractivity contribution is 5.90. The molecule has 1 heterocycles. The highest BCUT2D eigenvalue weighted by Gasteiger charge is 2.38. The second kappa shape index (κ2) is 8.32. The Morgan fingerprint density at radius 2 is 2.09 bits per heavy atom. The molecule has 7 N–H and O–H groups in total. The molecule has 3 unspecified atom stereocenters. The molecule has 1 fully saturated rings. The molecular weight excluding hydrogens is 306 g/mol. The van der Waals surface area contributed by atoms with Crippen LogP contribution in [0.2, 0.25) is 0 Å². The first-order valence-electron chi connectivity index (χ1n) is 7.28. The van der Waals surface area contributed by atoms with Crippen molar-refractivity contribution in [2.24, 2.45) is 5.73 Å². The number of hydrogen-bond acceptors (Lipinski definition) is 5. The topological polar surface area (TPSA) is 169 Å². The van der Waals surface area contributed by atoms with E-state index in [1.165, 1.54) is 11.8 Å². The minimum Gasteiger partial charge on any atom is -0.480 e. The van der Waals surface area contributed by atoms with Gasteiger partial charge in [-0.1, -0.05) is 0 Å². The number of β-amino-alcohol motifs (C(OH)–C–C–N with tert-alkyl or cyclic N) is 1. The quantitative estimate of drug-likeness (QED) is 0.175. The van der Waals surface area contributed by atoms with Gasteiger partial charge in [0.05, 0.1) is 6.10 Å². The molecule has 1 saturated heterocycles. The van der Waals surface area contributed by atoms with Gasteiger partial charge in [-0.2, -0.15) is 0 Å². The Morgan fingerprint density at radius 1 is 1.43 bits per heavy atom. The number of aliphatic hydroxyl groups is 1. The van der Waals surface area contributed by atoms with Crippen LogP contribution in [-0.2, 0) is 14.4 Å². The van der Waals surface area contributed by atoms with Crippen LogP contribution in [0.4, 0.5) is 0 Å². The summed E-state index contributed by atoms with van der Waals surface area (Å²) in [5, 5.41) is 30.7. The normalized spacial score (nSPS) is 21.6. The molecule has 23 heavy (non-hydrogen) atoms. The SMILES string of the molecule is CC(=O)N1CC(O)CC1C(=O)NC(CCCNC(=N)N)C(=O)O. The van der Waals surface area contributed by atoms with Crippen LogP contribution in [0.5, 0.6) is 0 Å². The van der Waals surface area contributed by atoms with E-state index >= 15 is 0 Å². The first-order chi connectivity index (χ1) is 10.7. The number of likely N-dealkylation sites (tertiary alicyclic amines) is 1. The van der Waals surface area contributed by atoms with Crippen molar-refractivity contribution in [3.63, 3.8) is 0 Å². The second-order valence-corrected chi connectivity index (χ2v) is 5.46. The van der Waals surface area contributed by atoms with Crippen LogP contribution in [0.15, 0.2) is 0 Å². The standard InChI is InChI=1S/C13H23N5O5/c1-7(19)18-6-8(20)5-10(18)11(21)17-9(12(22)23)3-2-4-16-13(14)15/h8-10,20H,2-6H2,1H3,(H,17,21)(H,22,23)(H4,14,15,16). The number of carboxylic acids is 1. The van der Waals surface area contributed by atoms with Gasteiger partial charge >= 0.3 is 5.97 Å². The molecule has 10 heteroatoms. The van der Waals surface area contributed by atoms with Crippen molar-refractivity contribution < 1.29 is 24.6 Å². The zero-order valence-corrected chi connectivity index (χ0v) is 12.9. The highest BCUT2D eigenvalue weighted by atomic mass is 16.4. The lowest BCUT2D eigenvalue weighted by Crippen LogP contribution is -2.50. The first kappa shape index (κ1) is 18.7. The zero-order valence-electron chi connectivity index (χ0n) is 12.9. The van der Waals surface area contributed by atoms with E-state index in [1.54, 1.807) is 0 Å². The summed E-state index contributed by atoms with van der Waals surface area (Å²) in [6.07, 6.45) is -0.168. The molecule has 0 radical (unpaired) electrons. The largest absolute Gasteiger partial charge is 0.480 e. The van der Waals surface area contributed by atoms with Gasteiger partial charge in [-0.3, -0.25) is 15.0 Å². The summed E-state index contributed by atoms with van der Waals surface area (Å²) in [5.41, 5.74) is 5.11. The summed E-state index contributed by atoms with van der Waals surface area (Å²) in [7, 11) is 0. The maximum absolute atomic E-state index is 12.2. The first-order valence-corrected chi connectivity index (χ1v) is 7.28. The fourth-order valence-electron chi connectivity index (χ4n) is 2.46. The van der Waals surface area contributed by atoms with E-state index in [1.807, 2.05) is 0 Å². The summed E-state index contributed by atoms with van der Waals surface area (Å²) < 4.78 is 0. The van der Waals surface area contributed by atoms with Gasteiger partial charge in [0.2, 0.25) is 11.8 Å². The van der Waals surface area contributed by atoms with Crippen molar-refractivity contribution >= 4 is 23.7 Å². The molecule has 0 aromatic heterocycles. The summed E-state index contributed by atoms with van der Waals surface area (Å²) in [5.74, 6) is -2.34. The van der Waals surface area contributed by atoms with Gasteiger partial charge in [0, 0.05) is 26.4 Å². The fraction of sp³-hybridized carbons (Fsp3) is 0.692. The Labute approximate surface area is 133 Å². The minimum absolute atomic E-state index is 0.0632. The molecule has 0 spiro atoms. The third-order valence-corrected chi connectivity index (χ3v) is 3.59. The molecule has 130 valence electrons. The van der Waals surface area contributed by atoms with Crippen molar-refractivity contribution in [3.8, 4) is 0 Å². The number of rotatable bonds is 7. The predicted molar refractivity (Wildman–Crippen MR) is 80.5 cm³/mol. The molecule has 0 saturated carbocycles. The maximum atomic E-state index is 12.2. The molecule has 1 rings (SSSR count). The summed E-state index contributed by atoms with van der Waals surface area (Å²) in [6.45, 7) is 1.67. The lowest BCUT2D eigenvalue weighted by Gasteiger charge is -2.24. The molecule has 0 aromatic carbocycles. The average molecular weight is 329 g/mol. The van der Waals surface area contributed by atoms with Crippen molar-refractivity contribution in [1.82, 2.24) is 15.5 Å². The monoisotopic (exact) mass is 329 g/mol. The van der Waals surface area contributed by atoms with Crippen LogP contribution in [-0.4, -0.2) is 70.1 Å². The third-order valence-electron chi connectivity index (χ3n) is 3.59. The predicted octanol–water partition coefficient (Wildman–Crippen LogP) is -2.20. The van der Waals surface area contributed by atoms with Gasteiger partial charge in [0.25, 0.3) is 0 Å². The number of carbonyl (C=O) groups is 3. The van der Waals surface area contributed by atoms with E-state index in [0.29, 0.717) is 13.0 Å². The van der Waals surface area contributed by atoms with Crippen molar-refractivity contribution in [3.05, 3.63) is 0 Å². The number of guanidine groups is 1. The van der Waals surface area contributed by atoms with Gasteiger partial charge in [-0.25, -0.2) is 4.79 Å². The van der Waals surface area contributed by atoms with Crippen molar-refractivity contribution in [2.45, 2.75) is 44.4 Å². The van der Waals surface area contributed by atoms with Crippen LogP contribution in [0.1, 0.15) is 26.2 Å². The maximum Gasteiger partial charge on any atom is 0.326 e. The molecule has 1 aliphatic rings. The molecule has 10 nitrogen and oxygen atoms in total. The van der Waals surface area contributed by atoms with E-state index in [-0.39, 0.29) is 31.3 Å². The van der Waals surface area contributed by atoms with Gasteiger partial charge in [0.1, 0.15) is 12.1 Å². The average Bonchev–Trinajstić information content (AvgIpc) is 2.83. The molecule has 0 aliphatic carbocycles. The number of nitrogens with one attached hydrogen (secondary N) is 3. The highest BCUT2D eigenvalue weighted by Crippen LogP contribution is 2.18. The smallest absolute Gasteiger partial charge is 0.326 e. The zero-order chi connectivity index (χ0) is 17.6. The number of hydrogen-bond donors (Lipinski definition) is 6. The lowest BCUT2D eigenvalue weighted by atomic mass is 10.1. The molecule has 3 atom stereocenters. The Kier molecular flexibility index (Phi) is 6.76. The number of aliphatic carboxylic acids is 1. The number of carboxylic acid groups (broad SMARTS) is 1. The van der Waals surface area contributed by atoms with Crippen molar-refractivity contribution in [1.29, 1.82) is 5.41 Å².